The minimum Gasteiger partial charge on any atom is -0.349 e. The smallest absolute Gasteiger partial charge is 0.233 e. The summed E-state index contributed by atoms with van der Waals surface area (Å²) in [5, 5.41) is 3.72. The van der Waals surface area contributed by atoms with Gasteiger partial charge in [0.25, 0.3) is 0 Å². The fourth-order valence-corrected chi connectivity index (χ4v) is 5.73. The zero-order valence-corrected chi connectivity index (χ0v) is 16.7. The van der Waals surface area contributed by atoms with Gasteiger partial charge in [0.05, 0.1) is 17.9 Å². The van der Waals surface area contributed by atoms with Gasteiger partial charge in [-0.3, -0.25) is 19.3 Å². The fourth-order valence-electron chi connectivity index (χ4n) is 4.45. The number of likely N-dealkylation sites (tertiary alicyclic amines) is 1. The average molecular weight is 407 g/mol. The van der Waals surface area contributed by atoms with Gasteiger partial charge in [0.2, 0.25) is 17.7 Å². The number of imide groups is 1. The highest BCUT2D eigenvalue weighted by Crippen LogP contribution is 2.39. The molecule has 1 saturated carbocycles. The molecule has 1 aromatic rings. The maximum Gasteiger partial charge on any atom is 0.233 e. The summed E-state index contributed by atoms with van der Waals surface area (Å²) in [6.07, 6.45) is 4.61. The Bertz CT molecular complexity index is 760. The summed E-state index contributed by atoms with van der Waals surface area (Å²) in [4.78, 5) is 40.0. The summed E-state index contributed by atoms with van der Waals surface area (Å²) in [6.45, 7) is 0.181. The van der Waals surface area contributed by atoms with Crippen molar-refractivity contribution in [2.45, 2.75) is 49.5 Å². The van der Waals surface area contributed by atoms with Gasteiger partial charge in [-0.1, -0.05) is 24.4 Å². The number of nitrogens with one attached hydrogen (secondary N) is 1. The first-order chi connectivity index (χ1) is 13.0. The number of rotatable bonds is 4. The molecule has 3 atom stereocenters. The summed E-state index contributed by atoms with van der Waals surface area (Å²) in [5.41, 5.74) is 1.05. The molecule has 144 valence electrons. The number of thioether (sulfide) groups is 1. The summed E-state index contributed by atoms with van der Waals surface area (Å²) < 4.78 is 0. The molecule has 2 heterocycles. The van der Waals surface area contributed by atoms with E-state index in [1.807, 2.05) is 18.2 Å². The van der Waals surface area contributed by atoms with Crippen molar-refractivity contribution in [3.63, 3.8) is 0 Å². The van der Waals surface area contributed by atoms with Gasteiger partial charge in [-0.15, -0.1) is 11.8 Å². The van der Waals surface area contributed by atoms with Crippen molar-refractivity contribution in [1.82, 2.24) is 10.2 Å². The number of halogens is 1. The van der Waals surface area contributed by atoms with Crippen molar-refractivity contribution in [3.8, 4) is 0 Å². The van der Waals surface area contributed by atoms with E-state index < -0.39 is 0 Å². The van der Waals surface area contributed by atoms with Crippen LogP contribution in [0.1, 0.15) is 50.1 Å². The van der Waals surface area contributed by atoms with E-state index in [-0.39, 0.29) is 48.6 Å². The Morgan fingerprint density at radius 1 is 1.15 bits per heavy atom. The minimum atomic E-state index is -0.154. The second kappa shape index (κ2) is 7.84. The van der Waals surface area contributed by atoms with Crippen molar-refractivity contribution in [2.24, 2.45) is 11.8 Å². The molecule has 1 aromatic carbocycles. The Kier molecular flexibility index (Phi) is 5.46. The molecule has 3 aliphatic rings. The average Bonchev–Trinajstić information content (AvgIpc) is 2.91. The van der Waals surface area contributed by atoms with Gasteiger partial charge in [-0.2, -0.15) is 0 Å². The van der Waals surface area contributed by atoms with Gasteiger partial charge in [-0.05, 0) is 43.0 Å². The van der Waals surface area contributed by atoms with Crippen LogP contribution in [-0.4, -0.2) is 34.9 Å². The molecule has 2 fully saturated rings. The molecular weight excluding hydrogens is 384 g/mol. The highest BCUT2D eigenvalue weighted by Gasteiger charge is 2.47. The van der Waals surface area contributed by atoms with Crippen molar-refractivity contribution in [2.75, 3.05) is 12.3 Å². The lowest BCUT2D eigenvalue weighted by Gasteiger charge is -2.26. The van der Waals surface area contributed by atoms with E-state index in [1.54, 1.807) is 11.8 Å². The topological polar surface area (TPSA) is 66.5 Å². The Balaban J connectivity index is 1.36. The van der Waals surface area contributed by atoms with E-state index >= 15 is 0 Å². The lowest BCUT2D eigenvalue weighted by atomic mass is 9.81. The third-order valence-electron chi connectivity index (χ3n) is 5.84. The number of nitrogens with zero attached hydrogens (tertiary/aromatic N) is 1. The Morgan fingerprint density at radius 3 is 2.56 bits per heavy atom. The number of benzene rings is 1. The van der Waals surface area contributed by atoms with Crippen molar-refractivity contribution in [3.05, 3.63) is 28.8 Å². The van der Waals surface area contributed by atoms with E-state index in [9.17, 15) is 14.4 Å². The molecule has 5 nitrogen and oxygen atoms in total. The normalized spacial score (nSPS) is 27.3. The van der Waals surface area contributed by atoms with Gasteiger partial charge >= 0.3 is 0 Å². The summed E-state index contributed by atoms with van der Waals surface area (Å²) in [5.74, 6) is 0.338. The molecule has 1 saturated heterocycles. The minimum absolute atomic E-state index is 0.0694. The zero-order chi connectivity index (χ0) is 19.0. The molecule has 27 heavy (non-hydrogen) atoms. The van der Waals surface area contributed by atoms with E-state index in [4.69, 9.17) is 11.6 Å². The summed E-state index contributed by atoms with van der Waals surface area (Å²) in [6, 6.07) is 5.69. The van der Waals surface area contributed by atoms with Crippen LogP contribution in [0.4, 0.5) is 0 Å². The molecule has 0 aromatic heterocycles. The highest BCUT2D eigenvalue weighted by molar-refractivity contribution is 7.99. The standard InChI is InChI=1S/C20H23ClN2O3S/c21-12-5-6-17-15(11-12)16(8-10-27-17)22-18(24)7-9-23-19(25)13-3-1-2-4-14(13)20(23)26/h5-6,11,13-14,16H,1-4,7-10H2,(H,22,24). The molecular formula is C20H23ClN2O3S. The van der Waals surface area contributed by atoms with Crippen molar-refractivity contribution < 1.29 is 14.4 Å². The number of amides is 3. The van der Waals surface area contributed by atoms with E-state index in [0.717, 1.165) is 48.3 Å². The van der Waals surface area contributed by atoms with E-state index in [1.165, 1.54) is 4.90 Å². The summed E-state index contributed by atoms with van der Waals surface area (Å²) >= 11 is 7.88. The molecule has 0 radical (unpaired) electrons. The molecule has 1 N–H and O–H groups in total. The predicted molar refractivity (Wildman–Crippen MR) is 104 cm³/mol. The number of hydrogen-bond donors (Lipinski definition) is 1. The summed E-state index contributed by atoms with van der Waals surface area (Å²) in [7, 11) is 0. The third kappa shape index (κ3) is 3.74. The van der Waals surface area contributed by atoms with Gasteiger partial charge in [0.15, 0.2) is 0 Å². The van der Waals surface area contributed by atoms with Crippen LogP contribution in [-0.2, 0) is 14.4 Å². The first kappa shape index (κ1) is 18.8. The molecule has 3 unspecified atom stereocenters. The molecule has 4 rings (SSSR count). The van der Waals surface area contributed by atoms with Crippen LogP contribution in [0.3, 0.4) is 0 Å². The quantitative estimate of drug-likeness (QED) is 0.776. The Hall–Kier alpha value is -1.53. The SMILES string of the molecule is O=C(CCN1C(=O)C2CCCCC2C1=O)NC1CCSc2ccc(Cl)cc21. The van der Waals surface area contributed by atoms with Gasteiger partial charge in [0, 0.05) is 28.6 Å². The van der Waals surface area contributed by atoms with Gasteiger partial charge in [0.1, 0.15) is 0 Å². The number of hydrogen-bond acceptors (Lipinski definition) is 4. The van der Waals surface area contributed by atoms with Crippen LogP contribution in [0.5, 0.6) is 0 Å². The highest BCUT2D eigenvalue weighted by atomic mass is 35.5. The number of fused-ring (bicyclic) bond motifs is 2. The second-order valence-corrected chi connectivity index (χ2v) is 9.09. The van der Waals surface area contributed by atoms with Crippen LogP contribution < -0.4 is 5.32 Å². The molecule has 1 aliphatic carbocycles. The molecule has 2 aliphatic heterocycles. The number of carbonyl (C=O) groups excluding carboxylic acids is 3. The van der Waals surface area contributed by atoms with Gasteiger partial charge in [-0.25, -0.2) is 0 Å². The number of carbonyl (C=O) groups is 3. The van der Waals surface area contributed by atoms with Crippen LogP contribution in [0.25, 0.3) is 0 Å². The van der Waals surface area contributed by atoms with Gasteiger partial charge < -0.3 is 5.32 Å². The molecule has 0 spiro atoms. The molecule has 3 amide bonds. The largest absolute Gasteiger partial charge is 0.349 e. The zero-order valence-electron chi connectivity index (χ0n) is 15.1. The molecule has 0 bridgehead atoms. The van der Waals surface area contributed by atoms with Crippen molar-refractivity contribution >= 4 is 41.1 Å². The first-order valence-electron chi connectivity index (χ1n) is 9.61. The van der Waals surface area contributed by atoms with E-state index in [2.05, 4.69) is 5.32 Å². The predicted octanol–water partition coefficient (Wildman–Crippen LogP) is 3.56. The maximum atomic E-state index is 12.5. The maximum absolute atomic E-state index is 12.5. The van der Waals surface area contributed by atoms with Crippen LogP contribution in [0, 0.1) is 11.8 Å². The van der Waals surface area contributed by atoms with Crippen LogP contribution in [0.2, 0.25) is 5.02 Å². The van der Waals surface area contributed by atoms with Crippen LogP contribution in [0.15, 0.2) is 23.1 Å². The van der Waals surface area contributed by atoms with Crippen LogP contribution >= 0.6 is 23.4 Å². The second-order valence-electron chi connectivity index (χ2n) is 7.51. The Morgan fingerprint density at radius 2 is 1.85 bits per heavy atom. The monoisotopic (exact) mass is 406 g/mol. The first-order valence-corrected chi connectivity index (χ1v) is 11.0. The lowest BCUT2D eigenvalue weighted by molar-refractivity contribution is -0.140. The van der Waals surface area contributed by atoms with E-state index in [0.29, 0.717) is 5.02 Å². The third-order valence-corrected chi connectivity index (χ3v) is 7.20. The molecule has 7 heteroatoms. The van der Waals surface area contributed by atoms with Crippen molar-refractivity contribution in [1.29, 1.82) is 0 Å². The Labute approximate surface area is 168 Å². The fraction of sp³-hybridized carbons (Fsp3) is 0.550. The lowest BCUT2D eigenvalue weighted by Crippen LogP contribution is -2.37.